The van der Waals surface area contributed by atoms with Crippen LogP contribution in [0.15, 0.2) is 24.5 Å². The first kappa shape index (κ1) is 10.4. The van der Waals surface area contributed by atoms with Gasteiger partial charge in [0.15, 0.2) is 5.78 Å². The molecule has 1 rings (SSSR count). The molecule has 1 heterocycles. The molecule has 74 valence electrons. The molecular formula is C10H11NO3. The van der Waals surface area contributed by atoms with E-state index in [0.29, 0.717) is 5.56 Å². The normalized spacial score (nSPS) is 9.50. The van der Waals surface area contributed by atoms with Gasteiger partial charge in [0.05, 0.1) is 6.61 Å². The van der Waals surface area contributed by atoms with Gasteiger partial charge in [-0.3, -0.25) is 14.6 Å². The van der Waals surface area contributed by atoms with Crippen molar-refractivity contribution in [2.24, 2.45) is 0 Å². The van der Waals surface area contributed by atoms with E-state index in [-0.39, 0.29) is 24.8 Å². The van der Waals surface area contributed by atoms with Crippen LogP contribution in [-0.2, 0) is 9.53 Å². The van der Waals surface area contributed by atoms with Gasteiger partial charge in [0, 0.05) is 31.3 Å². The number of hydrogen-bond donors (Lipinski definition) is 0. The van der Waals surface area contributed by atoms with Crippen molar-refractivity contribution < 1.29 is 14.3 Å². The summed E-state index contributed by atoms with van der Waals surface area (Å²) in [4.78, 5) is 25.6. The molecule has 0 fully saturated rings. The number of ketones is 1. The number of nitrogens with zero attached hydrogens (tertiary/aromatic N) is 1. The van der Waals surface area contributed by atoms with E-state index in [1.165, 1.54) is 6.92 Å². The monoisotopic (exact) mass is 193 g/mol. The number of Topliss-reactive ketones (excluding diaryl/α,β-unsaturated/α-hetero) is 1. The second kappa shape index (κ2) is 5.11. The molecule has 0 aliphatic rings. The lowest BCUT2D eigenvalue weighted by Gasteiger charge is -2.00. The van der Waals surface area contributed by atoms with Crippen molar-refractivity contribution in [2.75, 3.05) is 6.61 Å². The molecular weight excluding hydrogens is 182 g/mol. The Morgan fingerprint density at radius 2 is 2.00 bits per heavy atom. The van der Waals surface area contributed by atoms with Crippen LogP contribution in [0.5, 0.6) is 0 Å². The molecule has 0 N–H and O–H groups in total. The van der Waals surface area contributed by atoms with Crippen LogP contribution >= 0.6 is 0 Å². The largest absolute Gasteiger partial charge is 0.465 e. The lowest BCUT2D eigenvalue weighted by molar-refractivity contribution is -0.140. The first-order valence-corrected chi connectivity index (χ1v) is 4.27. The zero-order valence-corrected chi connectivity index (χ0v) is 7.90. The Hall–Kier alpha value is -1.71. The molecule has 0 bridgehead atoms. The van der Waals surface area contributed by atoms with E-state index in [0.717, 1.165) is 0 Å². The predicted molar refractivity (Wildman–Crippen MR) is 49.8 cm³/mol. The standard InChI is InChI=1S/C10H11NO3/c1-8(12)14-7-4-10(13)9-2-5-11-6-3-9/h2-3,5-6H,4,7H2,1H3. The summed E-state index contributed by atoms with van der Waals surface area (Å²) in [5, 5.41) is 0. The van der Waals surface area contributed by atoms with E-state index in [9.17, 15) is 9.59 Å². The molecule has 0 aliphatic carbocycles. The molecule has 14 heavy (non-hydrogen) atoms. The fourth-order valence-corrected chi connectivity index (χ4v) is 0.970. The molecule has 0 unspecified atom stereocenters. The Morgan fingerprint density at radius 3 is 2.57 bits per heavy atom. The highest BCUT2D eigenvalue weighted by Gasteiger charge is 2.05. The summed E-state index contributed by atoms with van der Waals surface area (Å²) in [7, 11) is 0. The van der Waals surface area contributed by atoms with Crippen LogP contribution in [0.2, 0.25) is 0 Å². The highest BCUT2D eigenvalue weighted by molar-refractivity contribution is 5.96. The molecule has 1 aromatic rings. The second-order valence-electron chi connectivity index (χ2n) is 2.75. The van der Waals surface area contributed by atoms with Crippen LogP contribution in [0.4, 0.5) is 0 Å². The maximum absolute atomic E-state index is 11.4. The molecule has 4 nitrogen and oxygen atoms in total. The Kier molecular flexibility index (Phi) is 3.79. The zero-order chi connectivity index (χ0) is 10.4. The predicted octanol–water partition coefficient (Wildman–Crippen LogP) is 1.22. The van der Waals surface area contributed by atoms with Crippen molar-refractivity contribution in [3.05, 3.63) is 30.1 Å². The van der Waals surface area contributed by atoms with E-state index in [2.05, 4.69) is 9.72 Å². The first-order chi connectivity index (χ1) is 6.70. The van der Waals surface area contributed by atoms with Crippen LogP contribution in [0.3, 0.4) is 0 Å². The van der Waals surface area contributed by atoms with Gasteiger partial charge in [-0.15, -0.1) is 0 Å². The van der Waals surface area contributed by atoms with Gasteiger partial charge in [0.2, 0.25) is 0 Å². The summed E-state index contributed by atoms with van der Waals surface area (Å²) in [5.41, 5.74) is 0.590. The van der Waals surface area contributed by atoms with E-state index in [1.54, 1.807) is 24.5 Å². The number of ether oxygens (including phenoxy) is 1. The van der Waals surface area contributed by atoms with Gasteiger partial charge in [0.25, 0.3) is 0 Å². The number of aromatic nitrogens is 1. The van der Waals surface area contributed by atoms with Crippen molar-refractivity contribution >= 4 is 11.8 Å². The van der Waals surface area contributed by atoms with E-state index in [1.807, 2.05) is 0 Å². The summed E-state index contributed by atoms with van der Waals surface area (Å²) in [5.74, 6) is -0.416. The SMILES string of the molecule is CC(=O)OCCC(=O)c1ccncc1. The maximum Gasteiger partial charge on any atom is 0.302 e. The second-order valence-corrected chi connectivity index (χ2v) is 2.75. The van der Waals surface area contributed by atoms with Gasteiger partial charge in [-0.1, -0.05) is 0 Å². The van der Waals surface area contributed by atoms with Gasteiger partial charge >= 0.3 is 5.97 Å². The summed E-state index contributed by atoms with van der Waals surface area (Å²) < 4.78 is 4.66. The summed E-state index contributed by atoms with van der Waals surface area (Å²) in [6.45, 7) is 1.45. The summed E-state index contributed by atoms with van der Waals surface area (Å²) >= 11 is 0. The van der Waals surface area contributed by atoms with Crippen LogP contribution in [0.25, 0.3) is 0 Å². The molecule has 0 aliphatic heterocycles. The average molecular weight is 193 g/mol. The number of carbonyl (C=O) groups excluding carboxylic acids is 2. The fourth-order valence-electron chi connectivity index (χ4n) is 0.970. The smallest absolute Gasteiger partial charge is 0.302 e. The van der Waals surface area contributed by atoms with Gasteiger partial charge in [-0.25, -0.2) is 0 Å². The zero-order valence-electron chi connectivity index (χ0n) is 7.90. The molecule has 0 radical (unpaired) electrons. The number of rotatable bonds is 4. The van der Waals surface area contributed by atoms with Crippen molar-refractivity contribution in [1.82, 2.24) is 4.98 Å². The molecule has 0 spiro atoms. The van der Waals surface area contributed by atoms with E-state index < -0.39 is 0 Å². The number of carbonyl (C=O) groups is 2. The molecule has 0 saturated carbocycles. The average Bonchev–Trinajstić information content (AvgIpc) is 2.18. The maximum atomic E-state index is 11.4. The van der Waals surface area contributed by atoms with Crippen LogP contribution in [0, 0.1) is 0 Å². The Bertz CT molecular complexity index is 321. The molecule has 1 aromatic heterocycles. The minimum absolute atomic E-state index is 0.0475. The molecule has 4 heteroatoms. The van der Waals surface area contributed by atoms with Crippen molar-refractivity contribution in [3.8, 4) is 0 Å². The third-order valence-corrected chi connectivity index (χ3v) is 1.64. The Labute approximate surface area is 81.9 Å². The number of hydrogen-bond acceptors (Lipinski definition) is 4. The lowest BCUT2D eigenvalue weighted by Crippen LogP contribution is -2.07. The minimum atomic E-state index is -0.368. The quantitative estimate of drug-likeness (QED) is 0.533. The molecule has 0 atom stereocenters. The Balaban J connectivity index is 2.40. The minimum Gasteiger partial charge on any atom is -0.465 e. The van der Waals surface area contributed by atoms with Gasteiger partial charge in [-0.2, -0.15) is 0 Å². The topological polar surface area (TPSA) is 56.3 Å². The Morgan fingerprint density at radius 1 is 1.36 bits per heavy atom. The van der Waals surface area contributed by atoms with Crippen molar-refractivity contribution in [1.29, 1.82) is 0 Å². The van der Waals surface area contributed by atoms with Gasteiger partial charge < -0.3 is 4.74 Å². The van der Waals surface area contributed by atoms with Gasteiger partial charge in [-0.05, 0) is 12.1 Å². The summed E-state index contributed by atoms with van der Waals surface area (Å²) in [6.07, 6.45) is 3.32. The van der Waals surface area contributed by atoms with E-state index >= 15 is 0 Å². The van der Waals surface area contributed by atoms with Crippen molar-refractivity contribution in [3.63, 3.8) is 0 Å². The van der Waals surface area contributed by atoms with Crippen LogP contribution in [0.1, 0.15) is 23.7 Å². The molecule has 0 saturated heterocycles. The van der Waals surface area contributed by atoms with Crippen LogP contribution in [-0.4, -0.2) is 23.3 Å². The third-order valence-electron chi connectivity index (χ3n) is 1.64. The fraction of sp³-hybridized carbons (Fsp3) is 0.300. The van der Waals surface area contributed by atoms with Crippen LogP contribution < -0.4 is 0 Å². The number of esters is 1. The molecule has 0 amide bonds. The first-order valence-electron chi connectivity index (χ1n) is 4.27. The van der Waals surface area contributed by atoms with E-state index in [4.69, 9.17) is 0 Å². The highest BCUT2D eigenvalue weighted by atomic mass is 16.5. The lowest BCUT2D eigenvalue weighted by atomic mass is 10.1. The molecule has 0 aromatic carbocycles. The number of pyridine rings is 1. The van der Waals surface area contributed by atoms with Gasteiger partial charge in [0.1, 0.15) is 0 Å². The van der Waals surface area contributed by atoms with Crippen molar-refractivity contribution in [2.45, 2.75) is 13.3 Å². The third kappa shape index (κ3) is 3.35. The highest BCUT2D eigenvalue weighted by Crippen LogP contribution is 2.01. The summed E-state index contributed by atoms with van der Waals surface area (Å²) in [6, 6.07) is 3.27.